The van der Waals surface area contributed by atoms with Crippen LogP contribution in [0.4, 0.5) is 0 Å². The first-order valence-electron chi connectivity index (χ1n) is 7.94. The highest BCUT2D eigenvalue weighted by Crippen LogP contribution is 2.25. The summed E-state index contributed by atoms with van der Waals surface area (Å²) in [6, 6.07) is 7.16. The van der Waals surface area contributed by atoms with Crippen LogP contribution in [0.1, 0.15) is 28.2 Å². The highest BCUT2D eigenvalue weighted by atomic mass is 32.2. The predicted molar refractivity (Wildman–Crippen MR) is 96.0 cm³/mol. The molecule has 1 aromatic carbocycles. The van der Waals surface area contributed by atoms with E-state index in [1.54, 1.807) is 23.9 Å². The van der Waals surface area contributed by atoms with Crippen LogP contribution >= 0.6 is 11.8 Å². The highest BCUT2D eigenvalue weighted by molar-refractivity contribution is 7.98. The Morgan fingerprint density at radius 3 is 2.64 bits per heavy atom. The lowest BCUT2D eigenvalue weighted by Crippen LogP contribution is -2.11. The van der Waals surface area contributed by atoms with Gasteiger partial charge in [-0.25, -0.2) is 8.42 Å². The van der Waals surface area contributed by atoms with E-state index in [0.717, 1.165) is 16.5 Å². The maximum Gasteiger partial charge on any atom is 0.248 e. The van der Waals surface area contributed by atoms with Gasteiger partial charge in [0.15, 0.2) is 15.0 Å². The fraction of sp³-hybridized carbons (Fsp3) is 0.438. The minimum Gasteiger partial charge on any atom is -0.366 e. The number of nitrogens with two attached hydrogens (primary N) is 1. The summed E-state index contributed by atoms with van der Waals surface area (Å²) in [4.78, 5) is 11.1. The van der Waals surface area contributed by atoms with Crippen molar-refractivity contribution in [2.24, 2.45) is 18.7 Å². The first kappa shape index (κ1) is 17.9. The predicted octanol–water partition coefficient (Wildman–Crippen LogP) is 1.18. The molecule has 2 heterocycles. The van der Waals surface area contributed by atoms with Crippen molar-refractivity contribution in [2.75, 3.05) is 11.5 Å². The Labute approximate surface area is 150 Å². The first-order valence-corrected chi connectivity index (χ1v) is 10.7. The monoisotopic (exact) mass is 380 g/mol. The van der Waals surface area contributed by atoms with E-state index < -0.39 is 15.7 Å². The van der Waals surface area contributed by atoms with Crippen LogP contribution in [0, 0.1) is 5.92 Å². The number of carbonyl (C=O) groups excluding carboxylic acids is 1. The molecule has 1 amide bonds. The zero-order valence-electron chi connectivity index (χ0n) is 13.9. The second-order valence-electron chi connectivity index (χ2n) is 6.28. The van der Waals surface area contributed by atoms with E-state index in [2.05, 4.69) is 10.2 Å². The second-order valence-corrected chi connectivity index (χ2v) is 9.45. The van der Waals surface area contributed by atoms with E-state index in [4.69, 9.17) is 5.73 Å². The Bertz CT molecular complexity index is 875. The SMILES string of the molecule is Cn1c(C[C@@H]2CCS(=O)(=O)C2)nnc1SCc1ccc(C(N)=O)cc1. The molecule has 0 unspecified atom stereocenters. The number of primary amides is 1. The van der Waals surface area contributed by atoms with Crippen LogP contribution in [0.25, 0.3) is 0 Å². The molecular weight excluding hydrogens is 360 g/mol. The summed E-state index contributed by atoms with van der Waals surface area (Å²) >= 11 is 1.55. The van der Waals surface area contributed by atoms with Gasteiger partial charge in [-0.05, 0) is 30.0 Å². The average Bonchev–Trinajstić information content (AvgIpc) is 3.09. The van der Waals surface area contributed by atoms with Gasteiger partial charge in [0.2, 0.25) is 5.91 Å². The van der Waals surface area contributed by atoms with Crippen molar-refractivity contribution >= 4 is 27.5 Å². The zero-order valence-corrected chi connectivity index (χ0v) is 15.5. The Morgan fingerprint density at radius 2 is 2.04 bits per heavy atom. The van der Waals surface area contributed by atoms with Gasteiger partial charge in [0.05, 0.1) is 11.5 Å². The van der Waals surface area contributed by atoms with E-state index in [9.17, 15) is 13.2 Å². The van der Waals surface area contributed by atoms with Crippen LogP contribution in [0.3, 0.4) is 0 Å². The lowest BCUT2D eigenvalue weighted by Gasteiger charge is -2.07. The van der Waals surface area contributed by atoms with E-state index >= 15 is 0 Å². The van der Waals surface area contributed by atoms with Crippen LogP contribution < -0.4 is 5.73 Å². The molecule has 1 fully saturated rings. The molecule has 2 aromatic rings. The maximum atomic E-state index is 11.6. The smallest absolute Gasteiger partial charge is 0.248 e. The number of rotatable bonds is 6. The summed E-state index contributed by atoms with van der Waals surface area (Å²) in [6.07, 6.45) is 1.33. The molecule has 9 heteroatoms. The van der Waals surface area contributed by atoms with E-state index in [1.165, 1.54) is 0 Å². The molecule has 0 radical (unpaired) electrons. The largest absolute Gasteiger partial charge is 0.366 e. The zero-order chi connectivity index (χ0) is 18.0. The number of nitrogens with zero attached hydrogens (tertiary/aromatic N) is 3. The van der Waals surface area contributed by atoms with Gasteiger partial charge in [-0.3, -0.25) is 4.79 Å². The van der Waals surface area contributed by atoms with Crippen molar-refractivity contribution in [3.8, 4) is 0 Å². The molecule has 2 N–H and O–H groups in total. The first-order chi connectivity index (χ1) is 11.8. The summed E-state index contributed by atoms with van der Waals surface area (Å²) in [5.74, 6) is 1.72. The number of carbonyl (C=O) groups is 1. The van der Waals surface area contributed by atoms with Crippen molar-refractivity contribution in [1.29, 1.82) is 0 Å². The van der Waals surface area contributed by atoms with E-state index in [-0.39, 0.29) is 17.4 Å². The molecule has 0 spiro atoms. The van der Waals surface area contributed by atoms with Gasteiger partial charge in [0.1, 0.15) is 5.82 Å². The lowest BCUT2D eigenvalue weighted by molar-refractivity contribution is 0.100. The molecule has 134 valence electrons. The van der Waals surface area contributed by atoms with Crippen LogP contribution in [0.5, 0.6) is 0 Å². The van der Waals surface area contributed by atoms with Crippen LogP contribution in [-0.4, -0.2) is 40.6 Å². The maximum absolute atomic E-state index is 11.6. The summed E-state index contributed by atoms with van der Waals surface area (Å²) in [5.41, 5.74) is 6.78. The van der Waals surface area contributed by atoms with Gasteiger partial charge in [0.25, 0.3) is 0 Å². The lowest BCUT2D eigenvalue weighted by atomic mass is 10.1. The molecule has 1 saturated heterocycles. The Hall–Kier alpha value is -1.87. The number of hydrogen-bond acceptors (Lipinski definition) is 6. The Morgan fingerprint density at radius 1 is 1.32 bits per heavy atom. The van der Waals surface area contributed by atoms with Gasteiger partial charge in [-0.2, -0.15) is 0 Å². The number of sulfone groups is 1. The molecule has 1 aliphatic rings. The Kier molecular flexibility index (Phi) is 5.14. The van der Waals surface area contributed by atoms with Gasteiger partial charge < -0.3 is 10.3 Å². The van der Waals surface area contributed by atoms with Gasteiger partial charge >= 0.3 is 0 Å². The summed E-state index contributed by atoms with van der Waals surface area (Å²) in [5, 5.41) is 9.21. The molecule has 0 bridgehead atoms. The molecule has 1 atom stereocenters. The Balaban J connectivity index is 1.60. The molecular formula is C16H20N4O3S2. The van der Waals surface area contributed by atoms with Crippen LogP contribution in [0.2, 0.25) is 0 Å². The molecule has 0 aliphatic carbocycles. The van der Waals surface area contributed by atoms with Crippen molar-refractivity contribution in [3.05, 3.63) is 41.2 Å². The van der Waals surface area contributed by atoms with Crippen LogP contribution in [0.15, 0.2) is 29.4 Å². The average molecular weight is 380 g/mol. The van der Waals surface area contributed by atoms with E-state index in [1.807, 2.05) is 23.7 Å². The number of aromatic nitrogens is 3. The topological polar surface area (TPSA) is 108 Å². The third-order valence-corrected chi connectivity index (χ3v) is 7.26. The molecule has 3 rings (SSSR count). The number of amides is 1. The van der Waals surface area contributed by atoms with Gasteiger partial charge in [-0.1, -0.05) is 23.9 Å². The quantitative estimate of drug-likeness (QED) is 0.754. The number of benzene rings is 1. The molecule has 7 nitrogen and oxygen atoms in total. The summed E-state index contributed by atoms with van der Waals surface area (Å²) in [7, 11) is -0.973. The minimum absolute atomic E-state index is 0.132. The third kappa shape index (κ3) is 4.40. The number of thioether (sulfide) groups is 1. The molecule has 1 aliphatic heterocycles. The third-order valence-electron chi connectivity index (χ3n) is 4.33. The van der Waals surface area contributed by atoms with E-state index in [0.29, 0.717) is 24.2 Å². The molecule has 25 heavy (non-hydrogen) atoms. The van der Waals surface area contributed by atoms with Gasteiger partial charge in [0, 0.05) is 24.8 Å². The minimum atomic E-state index is -2.87. The standard InChI is InChI=1S/C16H20N4O3S2/c1-20-14(8-12-6-7-25(22,23)10-12)18-19-16(20)24-9-11-2-4-13(5-3-11)15(17)21/h2-5,12H,6-10H2,1H3,(H2,17,21)/t12-/m0/s1. The van der Waals surface area contributed by atoms with Crippen molar-refractivity contribution in [1.82, 2.24) is 14.8 Å². The number of hydrogen-bond donors (Lipinski definition) is 1. The highest BCUT2D eigenvalue weighted by Gasteiger charge is 2.29. The van der Waals surface area contributed by atoms with Crippen molar-refractivity contribution in [2.45, 2.75) is 23.8 Å². The van der Waals surface area contributed by atoms with Crippen LogP contribution in [-0.2, 0) is 29.1 Å². The molecule has 0 saturated carbocycles. The van der Waals surface area contributed by atoms with Gasteiger partial charge in [-0.15, -0.1) is 10.2 Å². The fourth-order valence-electron chi connectivity index (χ4n) is 2.85. The summed E-state index contributed by atoms with van der Waals surface area (Å²) < 4.78 is 25.1. The summed E-state index contributed by atoms with van der Waals surface area (Å²) in [6.45, 7) is 0. The normalized spacial score (nSPS) is 19.2. The fourth-order valence-corrected chi connectivity index (χ4v) is 5.60. The molecule has 1 aromatic heterocycles. The van der Waals surface area contributed by atoms with Crippen molar-refractivity contribution in [3.63, 3.8) is 0 Å². The van der Waals surface area contributed by atoms with Crippen molar-refractivity contribution < 1.29 is 13.2 Å². The second kappa shape index (κ2) is 7.17.